The summed E-state index contributed by atoms with van der Waals surface area (Å²) in [5.74, 6) is -0.232. The molecular formula is C12H16ClN3O3. The third-order valence-electron chi connectivity index (χ3n) is 2.93. The predicted octanol–water partition coefficient (Wildman–Crippen LogP) is 1.05. The summed E-state index contributed by atoms with van der Waals surface area (Å²) in [5.41, 5.74) is 0.281. The lowest BCUT2D eigenvalue weighted by molar-refractivity contribution is -0.0343. The molecule has 7 heteroatoms. The Morgan fingerprint density at radius 1 is 1.53 bits per heavy atom. The van der Waals surface area contributed by atoms with E-state index in [4.69, 9.17) is 21.1 Å². The summed E-state index contributed by atoms with van der Waals surface area (Å²) in [4.78, 5) is 19.4. The fourth-order valence-electron chi connectivity index (χ4n) is 1.84. The minimum atomic E-state index is -0.232. The molecule has 0 saturated heterocycles. The van der Waals surface area contributed by atoms with Gasteiger partial charge in [-0.25, -0.2) is 9.97 Å². The lowest BCUT2D eigenvalue weighted by atomic mass is 9.89. The normalized spacial score (nSPS) is 21.8. The maximum absolute atomic E-state index is 11.8. The molecule has 19 heavy (non-hydrogen) atoms. The van der Waals surface area contributed by atoms with Crippen molar-refractivity contribution in [3.63, 3.8) is 0 Å². The van der Waals surface area contributed by atoms with E-state index < -0.39 is 0 Å². The molecule has 1 aromatic heterocycles. The van der Waals surface area contributed by atoms with Crippen LogP contribution in [0.3, 0.4) is 0 Å². The van der Waals surface area contributed by atoms with Crippen LogP contribution in [0.2, 0.25) is 5.28 Å². The molecule has 1 heterocycles. The van der Waals surface area contributed by atoms with E-state index in [9.17, 15) is 4.79 Å². The van der Waals surface area contributed by atoms with Crippen LogP contribution in [0.15, 0.2) is 12.3 Å². The van der Waals surface area contributed by atoms with Gasteiger partial charge in [0.1, 0.15) is 5.69 Å². The van der Waals surface area contributed by atoms with Crippen LogP contribution >= 0.6 is 11.6 Å². The van der Waals surface area contributed by atoms with Crippen molar-refractivity contribution in [2.75, 3.05) is 20.3 Å². The van der Waals surface area contributed by atoms with E-state index in [1.165, 1.54) is 12.3 Å². The number of aromatic nitrogens is 2. The number of halogens is 1. The fourth-order valence-corrected chi connectivity index (χ4v) is 1.99. The molecule has 1 N–H and O–H groups in total. The molecular weight excluding hydrogens is 270 g/mol. The van der Waals surface area contributed by atoms with Gasteiger partial charge in [0.25, 0.3) is 5.91 Å². The minimum Gasteiger partial charge on any atom is -0.382 e. The molecule has 0 aliphatic heterocycles. The molecule has 0 atom stereocenters. The third-order valence-corrected chi connectivity index (χ3v) is 3.11. The van der Waals surface area contributed by atoms with Crippen molar-refractivity contribution < 1.29 is 14.3 Å². The van der Waals surface area contributed by atoms with E-state index in [1.807, 2.05) is 0 Å². The van der Waals surface area contributed by atoms with Gasteiger partial charge < -0.3 is 14.8 Å². The Morgan fingerprint density at radius 2 is 2.32 bits per heavy atom. The summed E-state index contributed by atoms with van der Waals surface area (Å²) >= 11 is 5.63. The van der Waals surface area contributed by atoms with Crippen LogP contribution in [0.5, 0.6) is 0 Å². The molecule has 1 aliphatic carbocycles. The number of carbonyl (C=O) groups is 1. The molecule has 2 rings (SSSR count). The van der Waals surface area contributed by atoms with Gasteiger partial charge >= 0.3 is 0 Å². The SMILES string of the molecule is COCCOC1CC(NC(=O)c2ccnc(Cl)n2)C1. The van der Waals surface area contributed by atoms with Crippen molar-refractivity contribution >= 4 is 17.5 Å². The van der Waals surface area contributed by atoms with E-state index in [1.54, 1.807) is 7.11 Å². The maximum atomic E-state index is 11.8. The van der Waals surface area contributed by atoms with Crippen molar-refractivity contribution in [3.8, 4) is 0 Å². The zero-order valence-corrected chi connectivity index (χ0v) is 11.4. The summed E-state index contributed by atoms with van der Waals surface area (Å²) in [5, 5.41) is 2.95. The minimum absolute atomic E-state index is 0.0713. The van der Waals surface area contributed by atoms with Crippen molar-refractivity contribution in [1.29, 1.82) is 0 Å². The van der Waals surface area contributed by atoms with E-state index in [2.05, 4.69) is 15.3 Å². The highest BCUT2D eigenvalue weighted by Crippen LogP contribution is 2.23. The predicted molar refractivity (Wildman–Crippen MR) is 69.1 cm³/mol. The maximum Gasteiger partial charge on any atom is 0.270 e. The standard InChI is InChI=1S/C12H16ClN3O3/c1-18-4-5-19-9-6-8(7-9)15-11(17)10-2-3-14-12(13)16-10/h2-3,8-9H,4-7H2,1H3,(H,15,17). The van der Waals surface area contributed by atoms with Gasteiger partial charge in [0.2, 0.25) is 5.28 Å². The first-order chi connectivity index (χ1) is 9.19. The zero-order valence-electron chi connectivity index (χ0n) is 10.6. The lowest BCUT2D eigenvalue weighted by Crippen LogP contribution is -2.48. The number of methoxy groups -OCH3 is 1. The van der Waals surface area contributed by atoms with Crippen LogP contribution in [0.1, 0.15) is 23.3 Å². The number of carbonyl (C=O) groups excluding carboxylic acids is 1. The molecule has 0 aromatic carbocycles. The van der Waals surface area contributed by atoms with Crippen LogP contribution in [0, 0.1) is 0 Å². The highest BCUT2D eigenvalue weighted by Gasteiger charge is 2.31. The average Bonchev–Trinajstić information content (AvgIpc) is 2.35. The van der Waals surface area contributed by atoms with Crippen molar-refractivity contribution in [2.24, 2.45) is 0 Å². The Morgan fingerprint density at radius 3 is 3.00 bits per heavy atom. The van der Waals surface area contributed by atoms with Gasteiger partial charge in [0, 0.05) is 19.3 Å². The summed E-state index contributed by atoms with van der Waals surface area (Å²) in [6.07, 6.45) is 3.29. The van der Waals surface area contributed by atoms with Crippen LogP contribution in [-0.2, 0) is 9.47 Å². The van der Waals surface area contributed by atoms with Crippen LogP contribution in [0.25, 0.3) is 0 Å². The molecule has 0 spiro atoms. The number of hydrogen-bond donors (Lipinski definition) is 1. The fraction of sp³-hybridized carbons (Fsp3) is 0.583. The number of rotatable bonds is 6. The Balaban J connectivity index is 1.71. The summed E-state index contributed by atoms with van der Waals surface area (Å²) in [6.45, 7) is 1.18. The van der Waals surface area contributed by atoms with E-state index in [0.29, 0.717) is 13.2 Å². The van der Waals surface area contributed by atoms with Gasteiger partial charge in [0.15, 0.2) is 0 Å². The molecule has 0 radical (unpaired) electrons. The summed E-state index contributed by atoms with van der Waals surface area (Å²) in [6, 6.07) is 1.67. The summed E-state index contributed by atoms with van der Waals surface area (Å²) in [7, 11) is 1.64. The Labute approximate surface area is 116 Å². The van der Waals surface area contributed by atoms with E-state index in [0.717, 1.165) is 12.8 Å². The first-order valence-corrected chi connectivity index (χ1v) is 6.47. The van der Waals surface area contributed by atoms with Crippen molar-refractivity contribution in [3.05, 3.63) is 23.2 Å². The smallest absolute Gasteiger partial charge is 0.270 e. The first-order valence-electron chi connectivity index (χ1n) is 6.09. The van der Waals surface area contributed by atoms with Gasteiger partial charge in [-0.1, -0.05) is 0 Å². The second-order valence-electron chi connectivity index (χ2n) is 4.34. The third kappa shape index (κ3) is 4.12. The lowest BCUT2D eigenvalue weighted by Gasteiger charge is -2.35. The quantitative estimate of drug-likeness (QED) is 0.625. The van der Waals surface area contributed by atoms with Crippen molar-refractivity contribution in [1.82, 2.24) is 15.3 Å². The highest BCUT2D eigenvalue weighted by atomic mass is 35.5. The summed E-state index contributed by atoms with van der Waals surface area (Å²) < 4.78 is 10.4. The van der Waals surface area contributed by atoms with Gasteiger partial charge in [-0.3, -0.25) is 4.79 Å². The molecule has 1 saturated carbocycles. The number of hydrogen-bond acceptors (Lipinski definition) is 5. The Kier molecular flexibility index (Phi) is 5.07. The van der Waals surface area contributed by atoms with Gasteiger partial charge in [-0.2, -0.15) is 0 Å². The molecule has 1 fully saturated rings. The monoisotopic (exact) mass is 285 g/mol. The van der Waals surface area contributed by atoms with Gasteiger partial charge in [-0.15, -0.1) is 0 Å². The topological polar surface area (TPSA) is 73.3 Å². The molecule has 6 nitrogen and oxygen atoms in total. The molecule has 1 aromatic rings. The van der Waals surface area contributed by atoms with Crippen LogP contribution < -0.4 is 5.32 Å². The van der Waals surface area contributed by atoms with Gasteiger partial charge in [-0.05, 0) is 30.5 Å². The zero-order chi connectivity index (χ0) is 13.7. The first kappa shape index (κ1) is 14.2. The Hall–Kier alpha value is -1.24. The average molecular weight is 286 g/mol. The molecule has 1 aliphatic rings. The highest BCUT2D eigenvalue weighted by molar-refractivity contribution is 6.28. The van der Waals surface area contributed by atoms with Gasteiger partial charge in [0.05, 0.1) is 19.3 Å². The molecule has 0 unspecified atom stereocenters. The number of ether oxygens (including phenoxy) is 2. The largest absolute Gasteiger partial charge is 0.382 e. The van der Waals surface area contributed by atoms with Crippen LogP contribution in [0.4, 0.5) is 0 Å². The molecule has 104 valence electrons. The van der Waals surface area contributed by atoms with Crippen LogP contribution in [-0.4, -0.2) is 48.3 Å². The van der Waals surface area contributed by atoms with Crippen molar-refractivity contribution in [2.45, 2.75) is 25.0 Å². The number of amides is 1. The molecule has 0 bridgehead atoms. The Bertz CT molecular complexity index is 438. The van der Waals surface area contributed by atoms with E-state index >= 15 is 0 Å². The van der Waals surface area contributed by atoms with E-state index in [-0.39, 0.29) is 29.0 Å². The second-order valence-corrected chi connectivity index (χ2v) is 4.68. The molecule has 1 amide bonds. The second kappa shape index (κ2) is 6.79. The number of nitrogens with zero attached hydrogens (tertiary/aromatic N) is 2. The number of nitrogens with one attached hydrogen (secondary N) is 1.